The zero-order valence-corrected chi connectivity index (χ0v) is 26.4. The standard InChI is InChI=1S/C44H39N/c1-31(2)13-7-6-12-26-45-33(4)44-41-17-11-10-16-36(41)24-25-42(44)43-30-40(20-18-32(43)3)39-23-22-37-28-35(19-21-38(37)29-39)27-34-14-8-5-9-15-34/h5-25,28-30H,1,26-27H2,2-4H3/b12-6-,13-7-,45-33?. The fourth-order valence-electron chi connectivity index (χ4n) is 6.02. The molecule has 0 aliphatic carbocycles. The van der Waals surface area contributed by atoms with Crippen LogP contribution in [0.3, 0.4) is 0 Å². The van der Waals surface area contributed by atoms with Gasteiger partial charge in [-0.15, -0.1) is 0 Å². The van der Waals surface area contributed by atoms with Gasteiger partial charge < -0.3 is 0 Å². The summed E-state index contributed by atoms with van der Waals surface area (Å²) in [6.45, 7) is 10.9. The Hall–Kier alpha value is -5.27. The van der Waals surface area contributed by atoms with E-state index in [0.717, 1.165) is 17.7 Å². The van der Waals surface area contributed by atoms with E-state index in [1.807, 2.05) is 25.2 Å². The third kappa shape index (κ3) is 6.95. The Morgan fingerprint density at radius 3 is 2.20 bits per heavy atom. The molecule has 0 aliphatic heterocycles. The molecule has 6 aromatic rings. The van der Waals surface area contributed by atoms with Gasteiger partial charge in [0.1, 0.15) is 0 Å². The maximum absolute atomic E-state index is 5.00. The predicted molar refractivity (Wildman–Crippen MR) is 196 cm³/mol. The molecule has 6 aromatic carbocycles. The number of nitrogens with zero attached hydrogens (tertiary/aromatic N) is 1. The molecule has 0 radical (unpaired) electrons. The molecule has 0 saturated carbocycles. The first-order valence-electron chi connectivity index (χ1n) is 15.7. The van der Waals surface area contributed by atoms with Crippen LogP contribution in [0.25, 0.3) is 43.8 Å². The van der Waals surface area contributed by atoms with Crippen molar-refractivity contribution in [1.82, 2.24) is 0 Å². The summed E-state index contributed by atoms with van der Waals surface area (Å²) >= 11 is 0. The van der Waals surface area contributed by atoms with E-state index in [0.29, 0.717) is 6.54 Å². The molecule has 220 valence electrons. The Kier molecular flexibility index (Phi) is 8.99. The lowest BCUT2D eigenvalue weighted by molar-refractivity contribution is 1.20. The second kappa shape index (κ2) is 13.6. The van der Waals surface area contributed by atoms with Gasteiger partial charge in [-0.25, -0.2) is 0 Å². The van der Waals surface area contributed by atoms with Crippen LogP contribution in [-0.4, -0.2) is 12.3 Å². The minimum atomic E-state index is 0.623. The number of aliphatic imine (C=N–C) groups is 1. The third-order valence-corrected chi connectivity index (χ3v) is 8.37. The molecule has 0 atom stereocenters. The van der Waals surface area contributed by atoms with Crippen LogP contribution in [0.5, 0.6) is 0 Å². The van der Waals surface area contributed by atoms with Crippen LogP contribution in [-0.2, 0) is 6.42 Å². The molecular weight excluding hydrogens is 542 g/mol. The van der Waals surface area contributed by atoms with Crippen molar-refractivity contribution in [3.8, 4) is 22.3 Å². The van der Waals surface area contributed by atoms with Crippen LogP contribution in [0.1, 0.15) is 36.1 Å². The summed E-state index contributed by atoms with van der Waals surface area (Å²) in [6.07, 6.45) is 9.09. The van der Waals surface area contributed by atoms with Crippen LogP contribution in [0.4, 0.5) is 0 Å². The molecule has 0 heterocycles. The van der Waals surface area contributed by atoms with Crippen LogP contribution in [0.2, 0.25) is 0 Å². The molecule has 6 rings (SSSR count). The number of aryl methyl sites for hydroxylation is 1. The minimum absolute atomic E-state index is 0.623. The van der Waals surface area contributed by atoms with Crippen molar-refractivity contribution in [2.45, 2.75) is 27.2 Å². The Morgan fingerprint density at radius 1 is 0.644 bits per heavy atom. The zero-order valence-electron chi connectivity index (χ0n) is 26.4. The number of hydrogen-bond donors (Lipinski definition) is 0. The molecule has 0 N–H and O–H groups in total. The molecule has 0 amide bonds. The largest absolute Gasteiger partial charge is 0.285 e. The molecule has 0 saturated heterocycles. The van der Waals surface area contributed by atoms with E-state index in [1.54, 1.807) is 0 Å². The van der Waals surface area contributed by atoms with Crippen molar-refractivity contribution >= 4 is 27.3 Å². The number of rotatable bonds is 9. The highest BCUT2D eigenvalue weighted by Crippen LogP contribution is 2.36. The Balaban J connectivity index is 1.36. The quantitative estimate of drug-likeness (QED) is 0.119. The molecule has 1 heteroatoms. The van der Waals surface area contributed by atoms with Crippen LogP contribution in [0, 0.1) is 6.92 Å². The summed E-state index contributed by atoms with van der Waals surface area (Å²) in [5.74, 6) is 0. The molecular formula is C44H39N. The second-order valence-corrected chi connectivity index (χ2v) is 11.9. The van der Waals surface area contributed by atoms with E-state index in [9.17, 15) is 0 Å². The van der Waals surface area contributed by atoms with Crippen molar-refractivity contribution in [3.63, 3.8) is 0 Å². The Morgan fingerprint density at radius 2 is 1.36 bits per heavy atom. The fraction of sp³-hybridized carbons (Fsp3) is 0.114. The molecule has 0 fully saturated rings. The van der Waals surface area contributed by atoms with Gasteiger partial charge in [0.25, 0.3) is 0 Å². The minimum Gasteiger partial charge on any atom is -0.285 e. The predicted octanol–water partition coefficient (Wildman–Crippen LogP) is 11.7. The van der Waals surface area contributed by atoms with Gasteiger partial charge in [0.15, 0.2) is 0 Å². The Labute approximate surface area is 267 Å². The van der Waals surface area contributed by atoms with E-state index in [4.69, 9.17) is 4.99 Å². The third-order valence-electron chi connectivity index (χ3n) is 8.37. The molecule has 45 heavy (non-hydrogen) atoms. The number of allylic oxidation sites excluding steroid dienone is 4. The summed E-state index contributed by atoms with van der Waals surface area (Å²) in [4.78, 5) is 5.00. The monoisotopic (exact) mass is 581 g/mol. The van der Waals surface area contributed by atoms with Crippen molar-refractivity contribution < 1.29 is 0 Å². The lowest BCUT2D eigenvalue weighted by Crippen LogP contribution is -2.02. The highest BCUT2D eigenvalue weighted by Gasteiger charge is 2.15. The van der Waals surface area contributed by atoms with Gasteiger partial charge in [-0.1, -0.05) is 146 Å². The molecule has 0 aliphatic rings. The van der Waals surface area contributed by atoms with Gasteiger partial charge in [0.2, 0.25) is 0 Å². The SMILES string of the molecule is C=C(C)/C=C\C=C/CN=C(C)c1c(-c2cc(-c3ccc4cc(Cc5ccccc5)ccc4c3)ccc2C)ccc2ccccc12. The van der Waals surface area contributed by atoms with E-state index in [-0.39, 0.29) is 0 Å². The van der Waals surface area contributed by atoms with Crippen molar-refractivity contribution in [2.24, 2.45) is 4.99 Å². The van der Waals surface area contributed by atoms with E-state index >= 15 is 0 Å². The first-order valence-corrected chi connectivity index (χ1v) is 15.7. The highest BCUT2D eigenvalue weighted by molar-refractivity contribution is 6.15. The molecule has 0 bridgehead atoms. The molecule has 0 aromatic heterocycles. The van der Waals surface area contributed by atoms with Crippen molar-refractivity contribution in [3.05, 3.63) is 180 Å². The average molecular weight is 582 g/mol. The van der Waals surface area contributed by atoms with Gasteiger partial charge in [-0.3, -0.25) is 4.99 Å². The first kappa shape index (κ1) is 29.8. The zero-order chi connectivity index (χ0) is 31.2. The van der Waals surface area contributed by atoms with Gasteiger partial charge in [0, 0.05) is 11.3 Å². The summed E-state index contributed by atoms with van der Waals surface area (Å²) < 4.78 is 0. The van der Waals surface area contributed by atoms with Crippen LogP contribution < -0.4 is 0 Å². The van der Waals surface area contributed by atoms with Gasteiger partial charge in [0.05, 0.1) is 6.54 Å². The van der Waals surface area contributed by atoms with E-state index in [2.05, 4.69) is 148 Å². The van der Waals surface area contributed by atoms with Gasteiger partial charge in [-0.2, -0.15) is 0 Å². The highest BCUT2D eigenvalue weighted by atomic mass is 14.7. The summed E-state index contributed by atoms with van der Waals surface area (Å²) in [6, 6.07) is 44.3. The lowest BCUT2D eigenvalue weighted by Gasteiger charge is -2.17. The first-order chi connectivity index (χ1) is 22.0. The smallest absolute Gasteiger partial charge is 0.0576 e. The molecule has 1 nitrogen and oxygen atoms in total. The average Bonchev–Trinajstić information content (AvgIpc) is 3.06. The number of benzene rings is 6. The maximum atomic E-state index is 5.00. The summed E-state index contributed by atoms with van der Waals surface area (Å²) in [5, 5.41) is 4.98. The van der Waals surface area contributed by atoms with Crippen LogP contribution in [0.15, 0.2) is 163 Å². The second-order valence-electron chi connectivity index (χ2n) is 11.9. The topological polar surface area (TPSA) is 12.4 Å². The number of fused-ring (bicyclic) bond motifs is 2. The van der Waals surface area contributed by atoms with Gasteiger partial charge >= 0.3 is 0 Å². The van der Waals surface area contributed by atoms with E-state index in [1.165, 1.54) is 66.1 Å². The maximum Gasteiger partial charge on any atom is 0.0576 e. The van der Waals surface area contributed by atoms with Crippen molar-refractivity contribution in [2.75, 3.05) is 6.54 Å². The molecule has 0 unspecified atom stereocenters. The summed E-state index contributed by atoms with van der Waals surface area (Å²) in [5.41, 5.74) is 12.1. The van der Waals surface area contributed by atoms with Gasteiger partial charge in [-0.05, 0) is 99.8 Å². The Bertz CT molecular complexity index is 2090. The number of hydrogen-bond acceptors (Lipinski definition) is 1. The lowest BCUT2D eigenvalue weighted by atomic mass is 9.88. The van der Waals surface area contributed by atoms with Crippen molar-refractivity contribution in [1.29, 1.82) is 0 Å². The molecule has 0 spiro atoms. The normalized spacial score (nSPS) is 12.1. The fourth-order valence-corrected chi connectivity index (χ4v) is 6.02. The van der Waals surface area contributed by atoms with Crippen LogP contribution >= 0.6 is 0 Å². The summed E-state index contributed by atoms with van der Waals surface area (Å²) in [7, 11) is 0. The van der Waals surface area contributed by atoms with E-state index < -0.39 is 0 Å².